The zero-order valence-corrected chi connectivity index (χ0v) is 25.5. The number of rotatable bonds is 2. The average molecular weight is 539 g/mol. The summed E-state index contributed by atoms with van der Waals surface area (Å²) in [6, 6.07) is 35.7. The summed E-state index contributed by atoms with van der Waals surface area (Å²) in [7, 11) is 1.06. The van der Waals surface area contributed by atoms with Gasteiger partial charge in [-0.2, -0.15) is 96.6 Å². The SMILES string of the molecule is CC(C)(C)[Si]C[c-]1ccc2c1CCCC2.[CH2-]c1ccccc1.[CH2-]c1ccccc1.[CH2-]c1ccccc1.[Ti+4]. The van der Waals surface area contributed by atoms with Crippen molar-refractivity contribution >= 4 is 9.52 Å². The van der Waals surface area contributed by atoms with Gasteiger partial charge in [-0.3, -0.25) is 0 Å². The van der Waals surface area contributed by atoms with Gasteiger partial charge in [0, 0.05) is 9.52 Å². The molecule has 0 saturated heterocycles. The molecule has 2 heteroatoms. The Balaban J connectivity index is 0.000000264. The van der Waals surface area contributed by atoms with E-state index in [0.717, 1.165) is 26.2 Å². The van der Waals surface area contributed by atoms with Gasteiger partial charge < -0.3 is 0 Å². The van der Waals surface area contributed by atoms with Crippen molar-refractivity contribution in [3.05, 3.63) is 157 Å². The van der Waals surface area contributed by atoms with E-state index in [0.29, 0.717) is 5.04 Å². The third kappa shape index (κ3) is 14.8. The van der Waals surface area contributed by atoms with Crippen LogP contribution in [0.1, 0.15) is 67.0 Å². The number of hydrogen-bond acceptors (Lipinski definition) is 0. The van der Waals surface area contributed by atoms with Crippen LogP contribution in [0, 0.1) is 20.8 Å². The second-order valence-corrected chi connectivity index (χ2v) is 12.3. The quantitative estimate of drug-likeness (QED) is 0.176. The van der Waals surface area contributed by atoms with Gasteiger partial charge in [0.25, 0.3) is 0 Å². The van der Waals surface area contributed by atoms with Gasteiger partial charge in [0.15, 0.2) is 0 Å². The van der Waals surface area contributed by atoms with Crippen LogP contribution < -0.4 is 0 Å². The van der Waals surface area contributed by atoms with E-state index in [4.69, 9.17) is 0 Å². The van der Waals surface area contributed by atoms with Crippen LogP contribution in [0.5, 0.6) is 0 Å². The molecule has 0 atom stereocenters. The van der Waals surface area contributed by atoms with Crippen LogP contribution >= 0.6 is 0 Å². The van der Waals surface area contributed by atoms with Crippen LogP contribution in [0.3, 0.4) is 0 Å². The minimum absolute atomic E-state index is 0. The molecule has 0 fully saturated rings. The fraction of sp³-hybridized carbons (Fsp3) is 0.257. The van der Waals surface area contributed by atoms with Crippen LogP contribution in [0.15, 0.2) is 103 Å². The average Bonchev–Trinajstić information content (AvgIpc) is 3.28. The number of hydrogen-bond donors (Lipinski definition) is 0. The number of aryl methyl sites for hydroxylation is 1. The van der Waals surface area contributed by atoms with E-state index in [1.54, 1.807) is 16.7 Å². The molecule has 37 heavy (non-hydrogen) atoms. The topological polar surface area (TPSA) is 0 Å². The first-order chi connectivity index (χ1) is 17.2. The van der Waals surface area contributed by atoms with E-state index in [9.17, 15) is 0 Å². The molecule has 0 aromatic heterocycles. The third-order valence-corrected chi connectivity index (χ3v) is 7.34. The second-order valence-electron chi connectivity index (χ2n) is 10.1. The summed E-state index contributed by atoms with van der Waals surface area (Å²) in [6.07, 6.45) is 5.47. The molecule has 0 unspecified atom stereocenters. The Labute approximate surface area is 245 Å². The van der Waals surface area contributed by atoms with Gasteiger partial charge in [0.2, 0.25) is 0 Å². The molecule has 1 aliphatic carbocycles. The van der Waals surface area contributed by atoms with Crippen LogP contribution in [-0.4, -0.2) is 9.52 Å². The van der Waals surface area contributed by atoms with Gasteiger partial charge in [-0.15, -0.1) is 36.4 Å². The van der Waals surface area contributed by atoms with Crippen molar-refractivity contribution in [2.75, 3.05) is 0 Å². The van der Waals surface area contributed by atoms with Gasteiger partial charge >= 0.3 is 21.7 Å². The Hall–Kier alpha value is -2.45. The van der Waals surface area contributed by atoms with Crippen LogP contribution in [-0.2, 0) is 40.6 Å². The predicted octanol–water partition coefficient (Wildman–Crippen LogP) is 9.31. The maximum absolute atomic E-state index is 3.72. The molecule has 0 bridgehead atoms. The Morgan fingerprint density at radius 2 is 1.05 bits per heavy atom. The summed E-state index contributed by atoms with van der Waals surface area (Å²) in [5.41, 5.74) is 8.22. The van der Waals surface area contributed by atoms with Crippen LogP contribution in [0.25, 0.3) is 0 Å². The van der Waals surface area contributed by atoms with Crippen molar-refractivity contribution in [2.24, 2.45) is 0 Å². The minimum Gasteiger partial charge on any atom is -0.210 e. The Bertz CT molecular complexity index is 987. The third-order valence-electron chi connectivity index (χ3n) is 5.72. The summed E-state index contributed by atoms with van der Waals surface area (Å²) >= 11 is 0. The van der Waals surface area contributed by atoms with Gasteiger partial charge in [-0.1, -0.05) is 70.7 Å². The van der Waals surface area contributed by atoms with Gasteiger partial charge in [0.05, 0.1) is 0 Å². The summed E-state index contributed by atoms with van der Waals surface area (Å²) < 4.78 is 0. The predicted molar refractivity (Wildman–Crippen MR) is 161 cm³/mol. The smallest absolute Gasteiger partial charge is 0.210 e. The number of benzene rings is 3. The second kappa shape index (κ2) is 17.9. The number of fused-ring (bicyclic) bond motifs is 1. The normalized spacial score (nSPS) is 11.5. The molecule has 0 spiro atoms. The van der Waals surface area contributed by atoms with Gasteiger partial charge in [-0.25, -0.2) is 6.07 Å². The Morgan fingerprint density at radius 1 is 0.649 bits per heavy atom. The van der Waals surface area contributed by atoms with E-state index < -0.39 is 0 Å². The van der Waals surface area contributed by atoms with Crippen molar-refractivity contribution in [3.8, 4) is 0 Å². The first-order valence-electron chi connectivity index (χ1n) is 12.9. The summed E-state index contributed by atoms with van der Waals surface area (Å²) in [6.45, 7) is 18.2. The van der Waals surface area contributed by atoms with Crippen LogP contribution in [0.4, 0.5) is 0 Å². The summed E-state index contributed by atoms with van der Waals surface area (Å²) in [4.78, 5) is 0. The summed E-state index contributed by atoms with van der Waals surface area (Å²) in [5.74, 6) is 0. The molecule has 0 N–H and O–H groups in total. The zero-order valence-electron chi connectivity index (χ0n) is 23.0. The molecule has 5 rings (SSSR count). The van der Waals surface area contributed by atoms with Gasteiger partial charge in [0.1, 0.15) is 0 Å². The molecule has 2 radical (unpaired) electrons. The first-order valence-corrected chi connectivity index (χ1v) is 14.1. The van der Waals surface area contributed by atoms with E-state index in [1.165, 1.54) is 31.7 Å². The van der Waals surface area contributed by atoms with Crippen molar-refractivity contribution in [3.63, 3.8) is 0 Å². The van der Waals surface area contributed by atoms with E-state index in [2.05, 4.69) is 53.7 Å². The van der Waals surface area contributed by atoms with Crippen molar-refractivity contribution in [1.29, 1.82) is 0 Å². The van der Waals surface area contributed by atoms with Crippen molar-refractivity contribution in [1.82, 2.24) is 0 Å². The Kier molecular flexibility index (Phi) is 15.8. The standard InChI is InChI=1S/C14H21Si.3C7H7.Ti/c1-14(2,3)15-10-12-9-8-11-6-4-5-7-13(11)12;3*1-7-5-3-2-4-6-7;/h8-9H,4-7,10H2,1-3H3;3*2-6H,1H2;/q4*-1;+4. The largest absolute Gasteiger partial charge is 4.00 e. The Morgan fingerprint density at radius 3 is 1.41 bits per heavy atom. The van der Waals surface area contributed by atoms with E-state index >= 15 is 0 Å². The molecule has 1 aliphatic rings. The molecule has 0 amide bonds. The monoisotopic (exact) mass is 538 g/mol. The maximum atomic E-state index is 3.72. The molecular formula is C35H42SiTi. The van der Waals surface area contributed by atoms with E-state index in [1.807, 2.05) is 91.0 Å². The maximum Gasteiger partial charge on any atom is 4.00 e. The molecule has 0 heterocycles. The fourth-order valence-corrected chi connectivity index (χ4v) is 4.79. The molecule has 190 valence electrons. The van der Waals surface area contributed by atoms with Crippen molar-refractivity contribution in [2.45, 2.75) is 57.5 Å². The van der Waals surface area contributed by atoms with E-state index in [-0.39, 0.29) is 21.7 Å². The molecule has 0 aliphatic heterocycles. The molecule has 4 aromatic rings. The first kappa shape index (κ1) is 32.6. The molecule has 0 saturated carbocycles. The van der Waals surface area contributed by atoms with Crippen molar-refractivity contribution < 1.29 is 21.7 Å². The van der Waals surface area contributed by atoms with Gasteiger partial charge in [-0.05, 0) is 5.04 Å². The molecule has 0 nitrogen and oxygen atoms in total. The molecular weight excluding hydrogens is 496 g/mol. The molecule has 4 aromatic carbocycles. The zero-order chi connectivity index (χ0) is 26.2. The van der Waals surface area contributed by atoms with Crippen LogP contribution in [0.2, 0.25) is 5.04 Å². The minimum atomic E-state index is 0. The fourth-order valence-electron chi connectivity index (χ4n) is 3.74. The summed E-state index contributed by atoms with van der Waals surface area (Å²) in [5, 5.41) is 0.499.